The maximum absolute atomic E-state index is 10.2. The topological polar surface area (TPSA) is 49.7 Å². The number of rotatable bonds is 5. The van der Waals surface area contributed by atoms with Crippen LogP contribution in [-0.2, 0) is 16.6 Å². The highest BCUT2D eigenvalue weighted by atomic mass is 16.5. The fourth-order valence-electron chi connectivity index (χ4n) is 4.44. The van der Waals surface area contributed by atoms with Crippen LogP contribution >= 0.6 is 0 Å². The molecule has 4 rings (SSSR count). The second kappa shape index (κ2) is 10.3. The summed E-state index contributed by atoms with van der Waals surface area (Å²) in [5.41, 5.74) is 6.81. The minimum absolute atomic E-state index is 0.0410. The third-order valence-corrected chi connectivity index (χ3v) is 6.35. The Morgan fingerprint density at radius 3 is 2.23 bits per heavy atom. The molecule has 1 aliphatic heterocycles. The molecule has 3 nitrogen and oxygen atoms in total. The van der Waals surface area contributed by atoms with E-state index in [1.165, 1.54) is 35.1 Å². The van der Waals surface area contributed by atoms with E-state index >= 15 is 0 Å². The van der Waals surface area contributed by atoms with E-state index in [0.29, 0.717) is 18.8 Å². The zero-order valence-corrected chi connectivity index (χ0v) is 19.9. The maximum atomic E-state index is 10.2. The van der Waals surface area contributed by atoms with Crippen molar-refractivity contribution in [1.29, 1.82) is 0 Å². The first kappa shape index (κ1) is 24.0. The van der Waals surface area contributed by atoms with Gasteiger partial charge in [0.05, 0.1) is 24.9 Å². The van der Waals surface area contributed by atoms with Crippen LogP contribution in [0.4, 0.5) is 0 Å². The number of aliphatic hydroxyl groups excluding tert-OH is 2. The van der Waals surface area contributed by atoms with Crippen molar-refractivity contribution < 1.29 is 14.9 Å². The molecule has 0 bridgehead atoms. The number of ether oxygens (including phenoxy) is 1. The lowest BCUT2D eigenvalue weighted by molar-refractivity contribution is -0.113. The van der Waals surface area contributed by atoms with E-state index in [-0.39, 0.29) is 24.2 Å². The zero-order chi connectivity index (χ0) is 22.6. The van der Waals surface area contributed by atoms with E-state index in [1.54, 1.807) is 0 Å². The molecule has 3 heteroatoms. The smallest absolute Gasteiger partial charge is 0.0854 e. The van der Waals surface area contributed by atoms with Gasteiger partial charge in [-0.3, -0.25) is 0 Å². The number of hydrogen-bond acceptors (Lipinski definition) is 3. The highest BCUT2D eigenvalue weighted by molar-refractivity contribution is 5.41. The van der Waals surface area contributed by atoms with Crippen LogP contribution in [0.1, 0.15) is 100 Å². The van der Waals surface area contributed by atoms with Crippen LogP contribution in [0.15, 0.2) is 42.5 Å². The van der Waals surface area contributed by atoms with E-state index in [0.717, 1.165) is 12.0 Å². The Morgan fingerprint density at radius 1 is 0.968 bits per heavy atom. The van der Waals surface area contributed by atoms with E-state index in [1.807, 2.05) is 13.8 Å². The van der Waals surface area contributed by atoms with Crippen molar-refractivity contribution in [2.75, 3.05) is 6.61 Å². The second-order valence-electron chi connectivity index (χ2n) is 9.91. The second-order valence-corrected chi connectivity index (χ2v) is 9.91. The molecular weight excluding hydrogens is 384 g/mol. The molecule has 0 unspecified atom stereocenters. The summed E-state index contributed by atoms with van der Waals surface area (Å²) in [6, 6.07) is 15.7. The highest BCUT2D eigenvalue weighted by Gasteiger charge is 2.31. The first-order valence-corrected chi connectivity index (χ1v) is 12.0. The van der Waals surface area contributed by atoms with Crippen molar-refractivity contribution in [1.82, 2.24) is 0 Å². The molecule has 0 radical (unpaired) electrons. The van der Waals surface area contributed by atoms with Crippen molar-refractivity contribution >= 4 is 0 Å². The first-order valence-electron chi connectivity index (χ1n) is 12.0. The van der Waals surface area contributed by atoms with Gasteiger partial charge in [0.2, 0.25) is 0 Å². The SMILES string of the molecule is CC.CC(C)(C)c1ccc(Cc2cc([C@H]3C[C@@H](O)C[C@@H](CO)O3)ccc2C2CC2)cc1. The summed E-state index contributed by atoms with van der Waals surface area (Å²) >= 11 is 0. The summed E-state index contributed by atoms with van der Waals surface area (Å²) in [6.07, 6.45) is 3.75. The van der Waals surface area contributed by atoms with E-state index in [4.69, 9.17) is 4.74 Å². The Labute approximate surface area is 188 Å². The summed E-state index contributed by atoms with van der Waals surface area (Å²) in [6.45, 7) is 10.7. The van der Waals surface area contributed by atoms with Gasteiger partial charge in [-0.15, -0.1) is 0 Å². The molecule has 2 aromatic carbocycles. The molecule has 1 aliphatic carbocycles. The zero-order valence-electron chi connectivity index (χ0n) is 19.9. The van der Waals surface area contributed by atoms with Gasteiger partial charge < -0.3 is 14.9 Å². The summed E-state index contributed by atoms with van der Waals surface area (Å²) in [7, 11) is 0. The molecule has 1 saturated carbocycles. The largest absolute Gasteiger partial charge is 0.394 e. The van der Waals surface area contributed by atoms with Crippen molar-refractivity contribution in [2.24, 2.45) is 0 Å². The minimum atomic E-state index is -0.414. The summed E-state index contributed by atoms with van der Waals surface area (Å²) in [5, 5.41) is 19.7. The van der Waals surface area contributed by atoms with Gasteiger partial charge in [-0.1, -0.05) is 77.1 Å². The summed E-state index contributed by atoms with van der Waals surface area (Å²) < 4.78 is 6.06. The van der Waals surface area contributed by atoms with Crippen molar-refractivity contribution in [3.8, 4) is 0 Å². The number of benzene rings is 2. The Kier molecular flexibility index (Phi) is 7.96. The molecule has 0 aromatic heterocycles. The van der Waals surface area contributed by atoms with Gasteiger partial charge in [0.1, 0.15) is 0 Å². The highest BCUT2D eigenvalue weighted by Crippen LogP contribution is 2.43. The van der Waals surface area contributed by atoms with Crippen LogP contribution in [-0.4, -0.2) is 29.0 Å². The Hall–Kier alpha value is -1.68. The first-order chi connectivity index (χ1) is 14.8. The molecular formula is C28H40O3. The minimum Gasteiger partial charge on any atom is -0.394 e. The van der Waals surface area contributed by atoms with Gasteiger partial charge in [-0.25, -0.2) is 0 Å². The summed E-state index contributed by atoms with van der Waals surface area (Å²) in [5.74, 6) is 0.691. The van der Waals surface area contributed by atoms with Crippen molar-refractivity contribution in [3.05, 3.63) is 70.3 Å². The van der Waals surface area contributed by atoms with Crippen LogP contribution in [0.2, 0.25) is 0 Å². The lowest BCUT2D eigenvalue weighted by Crippen LogP contribution is -2.33. The van der Waals surface area contributed by atoms with Crippen molar-refractivity contribution in [2.45, 2.75) is 96.4 Å². The molecule has 0 spiro atoms. The molecule has 1 heterocycles. The van der Waals surface area contributed by atoms with Gasteiger partial charge in [0.25, 0.3) is 0 Å². The van der Waals surface area contributed by atoms with E-state index in [9.17, 15) is 10.2 Å². The van der Waals surface area contributed by atoms with E-state index in [2.05, 4.69) is 63.2 Å². The van der Waals surface area contributed by atoms with Crippen LogP contribution < -0.4 is 0 Å². The molecule has 2 aliphatic rings. The van der Waals surface area contributed by atoms with Gasteiger partial charge in [0.15, 0.2) is 0 Å². The fourth-order valence-corrected chi connectivity index (χ4v) is 4.44. The standard InChI is InChI=1S/C26H34O3.C2H6/c1-26(2,3)21-9-4-17(5-10-21)12-20-13-19(8-11-24(20)18-6-7-18)25-15-22(28)14-23(16-27)29-25;1-2/h4-5,8-11,13,18,22-23,25,27-28H,6-7,12,14-16H2,1-3H3;1-2H3/t22-,23-,25+;/m0./s1. The van der Waals surface area contributed by atoms with Crippen LogP contribution in [0.5, 0.6) is 0 Å². The third kappa shape index (κ3) is 6.19. The molecule has 2 N–H and O–H groups in total. The van der Waals surface area contributed by atoms with Gasteiger partial charge in [-0.05, 0) is 58.4 Å². The predicted octanol–water partition coefficient (Wildman–Crippen LogP) is 6.05. The molecule has 0 amide bonds. The number of hydrogen-bond donors (Lipinski definition) is 2. The molecule has 2 aromatic rings. The molecule has 2 fully saturated rings. The van der Waals surface area contributed by atoms with Crippen LogP contribution in [0.25, 0.3) is 0 Å². The molecule has 3 atom stereocenters. The normalized spacial score (nSPS) is 23.8. The lowest BCUT2D eigenvalue weighted by atomic mass is 9.86. The van der Waals surface area contributed by atoms with Crippen molar-refractivity contribution in [3.63, 3.8) is 0 Å². The Bertz CT molecular complexity index is 830. The number of aliphatic hydroxyl groups is 2. The average Bonchev–Trinajstić information content (AvgIpc) is 3.60. The Balaban J connectivity index is 0.00000132. The monoisotopic (exact) mass is 424 g/mol. The van der Waals surface area contributed by atoms with Gasteiger partial charge >= 0.3 is 0 Å². The molecule has 31 heavy (non-hydrogen) atoms. The van der Waals surface area contributed by atoms with E-state index < -0.39 is 6.10 Å². The molecule has 170 valence electrons. The van der Waals surface area contributed by atoms with Gasteiger partial charge in [-0.2, -0.15) is 0 Å². The third-order valence-electron chi connectivity index (χ3n) is 6.35. The fraction of sp³-hybridized carbons (Fsp3) is 0.571. The van der Waals surface area contributed by atoms with Crippen LogP contribution in [0, 0.1) is 0 Å². The lowest BCUT2D eigenvalue weighted by Gasteiger charge is -2.33. The quantitative estimate of drug-likeness (QED) is 0.614. The summed E-state index contributed by atoms with van der Waals surface area (Å²) in [4.78, 5) is 0. The maximum Gasteiger partial charge on any atom is 0.0854 e. The van der Waals surface area contributed by atoms with Crippen LogP contribution in [0.3, 0.4) is 0 Å². The van der Waals surface area contributed by atoms with Gasteiger partial charge in [0, 0.05) is 12.8 Å². The Morgan fingerprint density at radius 2 is 1.65 bits per heavy atom. The average molecular weight is 425 g/mol. The molecule has 1 saturated heterocycles. The predicted molar refractivity (Wildman–Crippen MR) is 128 cm³/mol.